The molecule has 2 aromatic rings. The number of rotatable bonds is 6. The fourth-order valence-corrected chi connectivity index (χ4v) is 2.91. The third-order valence-electron chi connectivity index (χ3n) is 3.68. The molecule has 1 N–H and O–H groups in total. The highest BCUT2D eigenvalue weighted by molar-refractivity contribution is 9.10. The van der Waals surface area contributed by atoms with Crippen molar-refractivity contribution in [1.82, 2.24) is 10.2 Å². The molecule has 0 saturated carbocycles. The van der Waals surface area contributed by atoms with Crippen molar-refractivity contribution in [3.8, 4) is 5.75 Å². The quantitative estimate of drug-likeness (QED) is 0.838. The fraction of sp³-hybridized carbons (Fsp3) is 0.278. The van der Waals surface area contributed by atoms with E-state index in [9.17, 15) is 4.79 Å². The number of methoxy groups -OCH3 is 1. The van der Waals surface area contributed by atoms with Gasteiger partial charge >= 0.3 is 0 Å². The van der Waals surface area contributed by atoms with E-state index in [0.717, 1.165) is 4.47 Å². The minimum Gasteiger partial charge on any atom is -0.496 e. The number of amides is 1. The lowest BCUT2D eigenvalue weighted by Crippen LogP contribution is -2.34. The maximum atomic E-state index is 12.4. The number of ether oxygens (including phenoxy) is 1. The van der Waals surface area contributed by atoms with Crippen molar-refractivity contribution in [1.29, 1.82) is 0 Å². The van der Waals surface area contributed by atoms with Crippen molar-refractivity contribution < 1.29 is 9.53 Å². The summed E-state index contributed by atoms with van der Waals surface area (Å²) in [5, 5.41) is 3.00. The Balaban J connectivity index is 2.06. The summed E-state index contributed by atoms with van der Waals surface area (Å²) < 4.78 is 5.95. The zero-order valence-electron chi connectivity index (χ0n) is 13.5. The minimum atomic E-state index is -0.101. The highest BCUT2D eigenvalue weighted by Crippen LogP contribution is 2.25. The second kappa shape index (κ2) is 8.13. The molecule has 0 spiro atoms. The summed E-state index contributed by atoms with van der Waals surface area (Å²) in [6.45, 7) is 0.541. The van der Waals surface area contributed by atoms with E-state index in [2.05, 4.69) is 38.3 Å². The number of nitrogens with zero attached hydrogens (tertiary/aromatic N) is 1. The molecular formula is C18H21BrN2O2. The van der Waals surface area contributed by atoms with Crippen molar-refractivity contribution in [2.24, 2.45) is 0 Å². The van der Waals surface area contributed by atoms with E-state index < -0.39 is 0 Å². The maximum Gasteiger partial charge on any atom is 0.251 e. The van der Waals surface area contributed by atoms with Gasteiger partial charge in [0.15, 0.2) is 0 Å². The van der Waals surface area contributed by atoms with E-state index in [1.807, 2.05) is 32.3 Å². The zero-order chi connectivity index (χ0) is 16.8. The Morgan fingerprint density at radius 2 is 1.91 bits per heavy atom. The van der Waals surface area contributed by atoms with Crippen molar-refractivity contribution in [3.63, 3.8) is 0 Å². The molecule has 0 bridgehead atoms. The Labute approximate surface area is 145 Å². The van der Waals surface area contributed by atoms with E-state index in [4.69, 9.17) is 4.74 Å². The molecule has 0 radical (unpaired) electrons. The number of hydrogen-bond donors (Lipinski definition) is 1. The highest BCUT2D eigenvalue weighted by Gasteiger charge is 2.16. The van der Waals surface area contributed by atoms with Crippen molar-refractivity contribution in [2.45, 2.75) is 6.04 Å². The standard InChI is InChI=1S/C18H21BrN2O2/c1-21(2)16(13-7-5-4-6-8-13)12-20-18(22)14-9-10-17(23-3)15(19)11-14/h4-11,16H,12H2,1-3H3,(H,20,22). The number of halogens is 1. The van der Waals surface area contributed by atoms with Gasteiger partial charge in [0.1, 0.15) is 5.75 Å². The van der Waals surface area contributed by atoms with Gasteiger partial charge in [-0.1, -0.05) is 30.3 Å². The first-order valence-corrected chi connectivity index (χ1v) is 8.15. The Kier molecular flexibility index (Phi) is 6.19. The molecule has 0 heterocycles. The molecule has 0 aliphatic carbocycles. The highest BCUT2D eigenvalue weighted by atomic mass is 79.9. The van der Waals surface area contributed by atoms with E-state index in [-0.39, 0.29) is 11.9 Å². The molecule has 23 heavy (non-hydrogen) atoms. The molecule has 5 heteroatoms. The van der Waals surface area contributed by atoms with Crippen LogP contribution < -0.4 is 10.1 Å². The third kappa shape index (κ3) is 4.56. The molecule has 0 aliphatic heterocycles. The van der Waals surface area contributed by atoms with Crippen LogP contribution in [-0.4, -0.2) is 38.6 Å². The summed E-state index contributed by atoms with van der Waals surface area (Å²) in [6, 6.07) is 15.6. The summed E-state index contributed by atoms with van der Waals surface area (Å²) >= 11 is 3.40. The topological polar surface area (TPSA) is 41.6 Å². The number of likely N-dealkylation sites (N-methyl/N-ethyl adjacent to an activating group) is 1. The number of nitrogens with one attached hydrogen (secondary N) is 1. The van der Waals surface area contributed by atoms with E-state index in [0.29, 0.717) is 17.9 Å². The number of carbonyl (C=O) groups is 1. The lowest BCUT2D eigenvalue weighted by Gasteiger charge is -2.25. The summed E-state index contributed by atoms with van der Waals surface area (Å²) in [5.41, 5.74) is 1.77. The van der Waals surface area contributed by atoms with Crippen LogP contribution in [0.1, 0.15) is 22.0 Å². The van der Waals surface area contributed by atoms with Crippen LogP contribution >= 0.6 is 15.9 Å². The Morgan fingerprint density at radius 1 is 1.22 bits per heavy atom. The number of hydrogen-bond acceptors (Lipinski definition) is 3. The summed E-state index contributed by atoms with van der Waals surface area (Å²) in [5.74, 6) is 0.605. The van der Waals surface area contributed by atoms with Crippen molar-refractivity contribution in [2.75, 3.05) is 27.7 Å². The van der Waals surface area contributed by atoms with Crippen LogP contribution in [0.15, 0.2) is 53.0 Å². The van der Waals surface area contributed by atoms with Crippen molar-refractivity contribution in [3.05, 3.63) is 64.1 Å². The average Bonchev–Trinajstić information content (AvgIpc) is 2.55. The van der Waals surface area contributed by atoms with Gasteiger partial charge in [0.2, 0.25) is 0 Å². The molecule has 1 unspecified atom stereocenters. The van der Waals surface area contributed by atoms with Crippen molar-refractivity contribution >= 4 is 21.8 Å². The second-order valence-electron chi connectivity index (χ2n) is 5.45. The molecule has 1 amide bonds. The Hall–Kier alpha value is -1.85. The lowest BCUT2D eigenvalue weighted by molar-refractivity contribution is 0.0942. The molecule has 0 aromatic heterocycles. The minimum absolute atomic E-state index is 0.101. The van der Waals surface area contributed by atoms with Crippen LogP contribution in [0.25, 0.3) is 0 Å². The summed E-state index contributed by atoms with van der Waals surface area (Å²) in [7, 11) is 5.61. The van der Waals surface area contributed by atoms with Crippen LogP contribution in [0.2, 0.25) is 0 Å². The van der Waals surface area contributed by atoms with Gasteiger partial charge in [-0.2, -0.15) is 0 Å². The van der Waals surface area contributed by atoms with Gasteiger partial charge in [-0.15, -0.1) is 0 Å². The molecule has 1 atom stereocenters. The van der Waals surface area contributed by atoms with Gasteiger partial charge in [-0.05, 0) is 53.8 Å². The van der Waals surface area contributed by atoms with Crippen LogP contribution in [-0.2, 0) is 0 Å². The van der Waals surface area contributed by atoms with Crippen LogP contribution in [0.4, 0.5) is 0 Å². The van der Waals surface area contributed by atoms with E-state index in [1.54, 1.807) is 25.3 Å². The Morgan fingerprint density at radius 3 is 2.48 bits per heavy atom. The molecule has 2 rings (SSSR count). The third-order valence-corrected chi connectivity index (χ3v) is 4.30. The summed E-state index contributed by atoms with van der Waals surface area (Å²) in [6.07, 6.45) is 0. The second-order valence-corrected chi connectivity index (χ2v) is 6.30. The largest absolute Gasteiger partial charge is 0.496 e. The van der Waals surface area contributed by atoms with Gasteiger partial charge in [0.05, 0.1) is 17.6 Å². The number of carbonyl (C=O) groups excluding carboxylic acids is 1. The van der Waals surface area contributed by atoms with Crippen LogP contribution in [0.3, 0.4) is 0 Å². The molecule has 0 fully saturated rings. The molecule has 2 aromatic carbocycles. The maximum absolute atomic E-state index is 12.4. The SMILES string of the molecule is COc1ccc(C(=O)NCC(c2ccccc2)N(C)C)cc1Br. The molecule has 0 saturated heterocycles. The fourth-order valence-electron chi connectivity index (χ4n) is 2.37. The summed E-state index contributed by atoms with van der Waals surface area (Å²) in [4.78, 5) is 14.5. The first-order chi connectivity index (χ1) is 11.0. The zero-order valence-corrected chi connectivity index (χ0v) is 15.1. The lowest BCUT2D eigenvalue weighted by atomic mass is 10.1. The van der Waals surface area contributed by atoms with Gasteiger partial charge in [0, 0.05) is 12.1 Å². The first-order valence-electron chi connectivity index (χ1n) is 7.36. The molecule has 4 nitrogen and oxygen atoms in total. The van der Waals surface area contributed by atoms with E-state index in [1.165, 1.54) is 5.56 Å². The van der Waals surface area contributed by atoms with Crippen LogP contribution in [0, 0.1) is 0 Å². The van der Waals surface area contributed by atoms with Crippen LogP contribution in [0.5, 0.6) is 5.75 Å². The predicted molar refractivity (Wildman–Crippen MR) is 95.9 cm³/mol. The first kappa shape index (κ1) is 17.5. The number of benzene rings is 2. The monoisotopic (exact) mass is 376 g/mol. The van der Waals surface area contributed by atoms with Gasteiger partial charge in [0.25, 0.3) is 5.91 Å². The molecule has 122 valence electrons. The smallest absolute Gasteiger partial charge is 0.251 e. The molecular weight excluding hydrogens is 356 g/mol. The van der Waals surface area contributed by atoms with E-state index >= 15 is 0 Å². The van der Waals surface area contributed by atoms with Gasteiger partial charge < -0.3 is 15.0 Å². The Bertz CT molecular complexity index is 659. The normalized spacial score (nSPS) is 12.0. The van der Waals surface area contributed by atoms with Gasteiger partial charge in [-0.25, -0.2) is 0 Å². The van der Waals surface area contributed by atoms with Gasteiger partial charge in [-0.3, -0.25) is 4.79 Å². The predicted octanol–water partition coefficient (Wildman–Crippen LogP) is 3.49. The molecule has 0 aliphatic rings. The average molecular weight is 377 g/mol.